The molecule has 0 aliphatic carbocycles. The van der Waals surface area contributed by atoms with Crippen molar-refractivity contribution in [3.8, 4) is 23.3 Å². The zero-order valence-electron chi connectivity index (χ0n) is 20.0. The Labute approximate surface area is 212 Å². The number of aliphatic hydroxyl groups excluding tert-OH is 1. The van der Waals surface area contributed by atoms with Gasteiger partial charge in [-0.3, -0.25) is 4.79 Å². The average molecular weight is 494 g/mol. The minimum Gasteiger partial charge on any atom is -0.457 e. The van der Waals surface area contributed by atoms with E-state index in [1.165, 1.54) is 12.7 Å². The van der Waals surface area contributed by atoms with Crippen LogP contribution in [0.4, 0.5) is 17.2 Å². The summed E-state index contributed by atoms with van der Waals surface area (Å²) in [6.07, 6.45) is 5.77. The molecule has 10 nitrogen and oxygen atoms in total. The minimum absolute atomic E-state index is 0.0479. The lowest BCUT2D eigenvalue weighted by atomic mass is 10.1. The molecule has 3 aromatic heterocycles. The van der Waals surface area contributed by atoms with Gasteiger partial charge in [0.05, 0.1) is 5.52 Å². The van der Waals surface area contributed by atoms with Gasteiger partial charge in [0.15, 0.2) is 5.65 Å². The molecule has 2 aromatic carbocycles. The van der Waals surface area contributed by atoms with Gasteiger partial charge in [-0.25, -0.2) is 19.5 Å². The highest BCUT2D eigenvalue weighted by atomic mass is 16.5. The number of carbonyl (C=O) groups excluding carboxylic acids is 1. The Kier molecular flexibility index (Phi) is 6.87. The number of carbonyl (C=O) groups is 1. The highest BCUT2D eigenvalue weighted by molar-refractivity contribution is 6.05. The molecule has 3 N–H and O–H groups in total. The number of nitrogens with zero attached hydrogens (tertiary/aromatic N) is 5. The van der Waals surface area contributed by atoms with Crippen LogP contribution in [0, 0.1) is 18.8 Å². The summed E-state index contributed by atoms with van der Waals surface area (Å²) in [5, 5.41) is 19.8. The van der Waals surface area contributed by atoms with Crippen molar-refractivity contribution in [3.05, 3.63) is 72.9 Å². The molecule has 1 amide bonds. The summed E-state index contributed by atoms with van der Waals surface area (Å²) >= 11 is 0. The Morgan fingerprint density at radius 2 is 1.95 bits per heavy atom. The number of ether oxygens (including phenoxy) is 1. The lowest BCUT2D eigenvalue weighted by molar-refractivity contribution is -0.111. The summed E-state index contributed by atoms with van der Waals surface area (Å²) in [6, 6.07) is 14.8. The van der Waals surface area contributed by atoms with Gasteiger partial charge < -0.3 is 20.5 Å². The van der Waals surface area contributed by atoms with Gasteiger partial charge in [0.2, 0.25) is 0 Å². The second-order valence-corrected chi connectivity index (χ2v) is 8.17. The van der Waals surface area contributed by atoms with Crippen molar-refractivity contribution in [1.29, 1.82) is 0 Å². The van der Waals surface area contributed by atoms with E-state index < -0.39 is 5.91 Å². The highest BCUT2D eigenvalue weighted by Gasteiger charge is 2.09. The van der Waals surface area contributed by atoms with Crippen molar-refractivity contribution < 1.29 is 14.6 Å². The third kappa shape index (κ3) is 5.63. The number of hydrogen-bond acceptors (Lipinski definition) is 8. The van der Waals surface area contributed by atoms with Crippen LogP contribution in [-0.2, 0) is 4.79 Å². The predicted molar refractivity (Wildman–Crippen MR) is 140 cm³/mol. The van der Waals surface area contributed by atoms with Crippen LogP contribution in [0.3, 0.4) is 0 Å². The van der Waals surface area contributed by atoms with Crippen molar-refractivity contribution >= 4 is 39.6 Å². The van der Waals surface area contributed by atoms with Crippen LogP contribution in [0.25, 0.3) is 16.6 Å². The number of benzene rings is 2. The molecule has 0 spiro atoms. The molecule has 5 aromatic rings. The molecule has 10 heteroatoms. The Morgan fingerprint density at radius 1 is 1.05 bits per heavy atom. The molecule has 0 aliphatic rings. The fourth-order valence-corrected chi connectivity index (χ4v) is 3.67. The fraction of sp³-hybridized carbons (Fsp3) is 0.148. The summed E-state index contributed by atoms with van der Waals surface area (Å²) in [4.78, 5) is 25.0. The van der Waals surface area contributed by atoms with E-state index in [-0.39, 0.29) is 6.61 Å². The maximum absolute atomic E-state index is 12.1. The minimum atomic E-state index is -0.418. The van der Waals surface area contributed by atoms with E-state index >= 15 is 0 Å². The normalized spacial score (nSPS) is 10.6. The van der Waals surface area contributed by atoms with Gasteiger partial charge in [-0.2, -0.15) is 5.10 Å². The molecule has 0 fully saturated rings. The molecule has 0 atom stereocenters. The number of aromatic nitrogens is 5. The standard InChI is InChI=1S/C27H23N7O3/c1-18-13-19(7-9-24(18)37-21-10-11-34-25(15-21)29-17-31-34)33-27-22-14-20(6-8-23(22)28-16-30-27)32-26(36)5-3-2-4-12-35/h6-11,13-17,35H,2,4,12H2,1H3,(H,32,36)(H,28,30,33). The topological polar surface area (TPSA) is 127 Å². The second kappa shape index (κ2) is 10.7. The molecular weight excluding hydrogens is 470 g/mol. The van der Waals surface area contributed by atoms with Crippen LogP contribution in [0.15, 0.2) is 67.4 Å². The third-order valence-electron chi connectivity index (χ3n) is 5.47. The number of nitrogens with one attached hydrogen (secondary N) is 2. The molecule has 0 bridgehead atoms. The molecule has 0 saturated carbocycles. The van der Waals surface area contributed by atoms with E-state index in [0.29, 0.717) is 41.5 Å². The maximum Gasteiger partial charge on any atom is 0.300 e. The Morgan fingerprint density at radius 3 is 2.81 bits per heavy atom. The van der Waals surface area contributed by atoms with Crippen LogP contribution < -0.4 is 15.4 Å². The smallest absolute Gasteiger partial charge is 0.300 e. The number of fused-ring (bicyclic) bond motifs is 2. The number of unbranched alkanes of at least 4 members (excludes halogenated alkanes) is 1. The first-order valence-corrected chi connectivity index (χ1v) is 11.6. The summed E-state index contributed by atoms with van der Waals surface area (Å²) in [5.41, 5.74) is 3.76. The maximum atomic E-state index is 12.1. The predicted octanol–water partition coefficient (Wildman–Crippen LogP) is 4.23. The van der Waals surface area contributed by atoms with E-state index in [1.807, 2.05) is 43.3 Å². The summed E-state index contributed by atoms with van der Waals surface area (Å²) in [5.74, 6) is 6.83. The second-order valence-electron chi connectivity index (χ2n) is 8.17. The van der Waals surface area contributed by atoms with E-state index in [9.17, 15) is 4.79 Å². The van der Waals surface area contributed by atoms with Crippen molar-refractivity contribution in [3.63, 3.8) is 0 Å². The quantitative estimate of drug-likeness (QED) is 0.227. The van der Waals surface area contributed by atoms with E-state index in [1.54, 1.807) is 22.8 Å². The summed E-state index contributed by atoms with van der Waals surface area (Å²) < 4.78 is 7.73. The summed E-state index contributed by atoms with van der Waals surface area (Å²) in [6.45, 7) is 2.01. The molecule has 0 unspecified atom stereocenters. The van der Waals surface area contributed by atoms with Crippen molar-refractivity contribution in [2.45, 2.75) is 19.8 Å². The SMILES string of the molecule is Cc1cc(Nc2ncnc3ccc(NC(=O)C#CCCCO)cc23)ccc1Oc1ccn2ncnc2c1. The van der Waals surface area contributed by atoms with Gasteiger partial charge in [0.25, 0.3) is 5.91 Å². The van der Waals surface area contributed by atoms with Gasteiger partial charge in [0.1, 0.15) is 30.0 Å². The first kappa shape index (κ1) is 23.7. The molecule has 0 saturated heterocycles. The lowest BCUT2D eigenvalue weighted by Crippen LogP contribution is -2.08. The first-order valence-electron chi connectivity index (χ1n) is 11.6. The van der Waals surface area contributed by atoms with Crippen LogP contribution in [0.1, 0.15) is 18.4 Å². The Balaban J connectivity index is 1.33. The molecule has 3 heterocycles. The van der Waals surface area contributed by atoms with E-state index in [4.69, 9.17) is 9.84 Å². The number of aryl methyl sites for hydroxylation is 1. The van der Waals surface area contributed by atoms with Crippen LogP contribution in [-0.4, -0.2) is 42.2 Å². The first-order chi connectivity index (χ1) is 18.1. The Bertz CT molecular complexity index is 1650. The highest BCUT2D eigenvalue weighted by Crippen LogP contribution is 2.30. The fourth-order valence-electron chi connectivity index (χ4n) is 3.67. The molecule has 37 heavy (non-hydrogen) atoms. The van der Waals surface area contributed by atoms with Crippen LogP contribution in [0.5, 0.6) is 11.5 Å². The average Bonchev–Trinajstić information content (AvgIpc) is 3.37. The zero-order chi connectivity index (χ0) is 25.6. The number of anilines is 3. The number of amides is 1. The Hall–Kier alpha value is -5.01. The molecule has 0 aliphatic heterocycles. The van der Waals surface area contributed by atoms with E-state index in [0.717, 1.165) is 22.2 Å². The number of hydrogen-bond donors (Lipinski definition) is 3. The molecular formula is C27H23N7O3. The van der Waals surface area contributed by atoms with Crippen molar-refractivity contribution in [2.75, 3.05) is 17.2 Å². The number of rotatable bonds is 7. The van der Waals surface area contributed by atoms with Crippen molar-refractivity contribution in [2.24, 2.45) is 0 Å². The largest absolute Gasteiger partial charge is 0.457 e. The van der Waals surface area contributed by atoms with Gasteiger partial charge in [-0.1, -0.05) is 5.92 Å². The van der Waals surface area contributed by atoms with Crippen molar-refractivity contribution in [1.82, 2.24) is 24.6 Å². The van der Waals surface area contributed by atoms with Gasteiger partial charge in [-0.05, 0) is 67.3 Å². The summed E-state index contributed by atoms with van der Waals surface area (Å²) in [7, 11) is 0. The number of aliphatic hydroxyl groups is 1. The van der Waals surface area contributed by atoms with Gasteiger partial charge in [-0.15, -0.1) is 0 Å². The van der Waals surface area contributed by atoms with Gasteiger partial charge >= 0.3 is 0 Å². The monoisotopic (exact) mass is 493 g/mol. The zero-order valence-corrected chi connectivity index (χ0v) is 20.0. The van der Waals surface area contributed by atoms with Crippen LogP contribution >= 0.6 is 0 Å². The lowest BCUT2D eigenvalue weighted by Gasteiger charge is -2.13. The molecule has 0 radical (unpaired) electrons. The van der Waals surface area contributed by atoms with Gasteiger partial charge in [0, 0.05) is 42.1 Å². The van der Waals surface area contributed by atoms with Crippen LogP contribution in [0.2, 0.25) is 0 Å². The third-order valence-corrected chi connectivity index (χ3v) is 5.47. The molecule has 5 rings (SSSR count). The number of pyridine rings is 1. The molecule has 184 valence electrons. The van der Waals surface area contributed by atoms with E-state index in [2.05, 4.69) is 42.5 Å².